The number of para-hydroxylation sites is 1. The van der Waals surface area contributed by atoms with Gasteiger partial charge in [-0.2, -0.15) is 0 Å². The highest BCUT2D eigenvalue weighted by Gasteiger charge is 2.23. The molecule has 2 aliphatic heterocycles. The molecular formula is C25H28N2O5. The van der Waals surface area contributed by atoms with Gasteiger partial charge < -0.3 is 18.6 Å². The second-order valence-corrected chi connectivity index (χ2v) is 8.23. The molecule has 7 nitrogen and oxygen atoms in total. The lowest BCUT2D eigenvalue weighted by molar-refractivity contribution is 0.0330. The highest BCUT2D eigenvalue weighted by Crippen LogP contribution is 2.34. The van der Waals surface area contributed by atoms with Gasteiger partial charge in [0.1, 0.15) is 30.1 Å². The van der Waals surface area contributed by atoms with Crippen LogP contribution in [0.2, 0.25) is 0 Å². The Labute approximate surface area is 187 Å². The molecule has 3 heterocycles. The number of methoxy groups -OCH3 is 1. The average Bonchev–Trinajstić information content (AvgIpc) is 2.85. The van der Waals surface area contributed by atoms with Crippen molar-refractivity contribution in [1.29, 1.82) is 0 Å². The van der Waals surface area contributed by atoms with Crippen molar-refractivity contribution in [2.75, 3.05) is 53.2 Å². The maximum Gasteiger partial charge on any atom is 0.200 e. The van der Waals surface area contributed by atoms with E-state index in [9.17, 15) is 4.79 Å². The molecule has 0 unspecified atom stereocenters. The van der Waals surface area contributed by atoms with Crippen LogP contribution in [0.5, 0.6) is 11.5 Å². The molecule has 0 saturated carbocycles. The van der Waals surface area contributed by atoms with Crippen LogP contribution in [-0.2, 0) is 11.3 Å². The molecule has 1 aromatic heterocycles. The Balaban J connectivity index is 1.38. The zero-order valence-electron chi connectivity index (χ0n) is 18.3. The van der Waals surface area contributed by atoms with Gasteiger partial charge in [-0.1, -0.05) is 18.2 Å². The van der Waals surface area contributed by atoms with Crippen molar-refractivity contribution in [1.82, 2.24) is 9.80 Å². The van der Waals surface area contributed by atoms with Gasteiger partial charge in [-0.3, -0.25) is 14.6 Å². The van der Waals surface area contributed by atoms with Crippen molar-refractivity contribution in [2.45, 2.75) is 13.0 Å². The standard InChI is InChI=1S/C25H28N2O5/c1-29-22-6-3-2-5-18(22)21-16-31-25-19(24(21)28)7-8-23-20(25)15-27(17-32-23)10-4-9-26-11-13-30-14-12-26/h2-3,5-8,16H,4,9-15,17H2,1H3. The van der Waals surface area contributed by atoms with E-state index in [-0.39, 0.29) is 5.43 Å². The van der Waals surface area contributed by atoms with Crippen LogP contribution in [0.15, 0.2) is 51.9 Å². The van der Waals surface area contributed by atoms with E-state index in [2.05, 4.69) is 9.80 Å². The third kappa shape index (κ3) is 4.11. The summed E-state index contributed by atoms with van der Waals surface area (Å²) in [6.45, 7) is 6.88. The largest absolute Gasteiger partial charge is 0.496 e. The van der Waals surface area contributed by atoms with E-state index < -0.39 is 0 Å². The minimum atomic E-state index is -0.0667. The lowest BCUT2D eigenvalue weighted by Crippen LogP contribution is -2.39. The SMILES string of the molecule is COc1ccccc1-c1coc2c3c(ccc2c1=O)OCN(CCCN1CCOCC1)C3. The Morgan fingerprint density at radius 2 is 1.81 bits per heavy atom. The number of morpholine rings is 1. The molecule has 168 valence electrons. The molecule has 0 radical (unpaired) electrons. The second kappa shape index (κ2) is 9.32. The van der Waals surface area contributed by atoms with Crippen molar-refractivity contribution in [2.24, 2.45) is 0 Å². The average molecular weight is 437 g/mol. The number of rotatable bonds is 6. The zero-order chi connectivity index (χ0) is 21.9. The van der Waals surface area contributed by atoms with Crippen molar-refractivity contribution >= 4 is 11.0 Å². The number of hydrogen-bond donors (Lipinski definition) is 0. The summed E-state index contributed by atoms with van der Waals surface area (Å²) in [6, 6.07) is 11.2. The number of fused-ring (bicyclic) bond motifs is 3. The first-order valence-electron chi connectivity index (χ1n) is 11.1. The lowest BCUT2D eigenvalue weighted by Gasteiger charge is -2.31. The predicted octanol–water partition coefficient (Wildman–Crippen LogP) is 3.34. The Bertz CT molecular complexity index is 1150. The van der Waals surface area contributed by atoms with Gasteiger partial charge in [0.05, 0.1) is 36.8 Å². The summed E-state index contributed by atoms with van der Waals surface area (Å²) in [7, 11) is 1.60. The van der Waals surface area contributed by atoms with E-state index in [1.807, 2.05) is 30.3 Å². The summed E-state index contributed by atoms with van der Waals surface area (Å²) < 4.78 is 22.9. The Kier molecular flexibility index (Phi) is 6.12. The first kappa shape index (κ1) is 21.0. The first-order valence-corrected chi connectivity index (χ1v) is 11.1. The van der Waals surface area contributed by atoms with Crippen LogP contribution in [0.4, 0.5) is 0 Å². The smallest absolute Gasteiger partial charge is 0.200 e. The molecule has 0 atom stereocenters. The number of benzene rings is 2. The fourth-order valence-corrected chi connectivity index (χ4v) is 4.49. The highest BCUT2D eigenvalue weighted by atomic mass is 16.5. The topological polar surface area (TPSA) is 64.4 Å². The van der Waals surface area contributed by atoms with E-state index in [0.29, 0.717) is 35.6 Å². The molecular weight excluding hydrogens is 408 g/mol. The number of hydrogen-bond acceptors (Lipinski definition) is 7. The summed E-state index contributed by atoms with van der Waals surface area (Å²) >= 11 is 0. The quantitative estimate of drug-likeness (QED) is 0.587. The molecule has 0 N–H and O–H groups in total. The van der Waals surface area contributed by atoms with Crippen molar-refractivity contribution in [3.63, 3.8) is 0 Å². The highest BCUT2D eigenvalue weighted by molar-refractivity contribution is 5.86. The first-order chi connectivity index (χ1) is 15.7. The van der Waals surface area contributed by atoms with Crippen LogP contribution < -0.4 is 14.9 Å². The molecule has 1 saturated heterocycles. The van der Waals surface area contributed by atoms with Crippen LogP contribution in [0.25, 0.3) is 22.1 Å². The van der Waals surface area contributed by atoms with E-state index in [0.717, 1.165) is 62.7 Å². The van der Waals surface area contributed by atoms with Gasteiger partial charge in [-0.25, -0.2) is 0 Å². The summed E-state index contributed by atoms with van der Waals surface area (Å²) in [5, 5.41) is 0.561. The van der Waals surface area contributed by atoms with Crippen LogP contribution in [0, 0.1) is 0 Å². The van der Waals surface area contributed by atoms with Crippen LogP contribution in [-0.4, -0.2) is 63.0 Å². The molecule has 0 bridgehead atoms. The predicted molar refractivity (Wildman–Crippen MR) is 122 cm³/mol. The summed E-state index contributed by atoms with van der Waals surface area (Å²) in [5.74, 6) is 1.43. The molecule has 32 heavy (non-hydrogen) atoms. The third-order valence-electron chi connectivity index (χ3n) is 6.24. The Hall–Kier alpha value is -2.87. The molecule has 3 aromatic rings. The van der Waals surface area contributed by atoms with Gasteiger partial charge in [0.25, 0.3) is 0 Å². The third-order valence-corrected chi connectivity index (χ3v) is 6.24. The number of nitrogens with zero attached hydrogens (tertiary/aromatic N) is 2. The summed E-state index contributed by atoms with van der Waals surface area (Å²) in [6.07, 6.45) is 2.60. The fraction of sp³-hybridized carbons (Fsp3) is 0.400. The minimum absolute atomic E-state index is 0.0667. The molecule has 0 aliphatic carbocycles. The zero-order valence-corrected chi connectivity index (χ0v) is 18.3. The fourth-order valence-electron chi connectivity index (χ4n) is 4.49. The molecule has 2 aromatic carbocycles. The Morgan fingerprint density at radius 1 is 1.00 bits per heavy atom. The molecule has 0 amide bonds. The van der Waals surface area contributed by atoms with Gasteiger partial charge in [-0.15, -0.1) is 0 Å². The van der Waals surface area contributed by atoms with Gasteiger partial charge in [-0.05, 0) is 31.2 Å². The summed E-state index contributed by atoms with van der Waals surface area (Å²) in [4.78, 5) is 18.0. The number of ether oxygens (including phenoxy) is 3. The molecule has 0 spiro atoms. The van der Waals surface area contributed by atoms with E-state index in [4.69, 9.17) is 18.6 Å². The van der Waals surface area contributed by atoms with E-state index in [1.165, 1.54) is 0 Å². The van der Waals surface area contributed by atoms with Gasteiger partial charge in [0, 0.05) is 31.7 Å². The normalized spacial score (nSPS) is 17.2. The minimum Gasteiger partial charge on any atom is -0.496 e. The molecule has 5 rings (SSSR count). The van der Waals surface area contributed by atoms with Gasteiger partial charge in [0.15, 0.2) is 0 Å². The Morgan fingerprint density at radius 3 is 2.66 bits per heavy atom. The summed E-state index contributed by atoms with van der Waals surface area (Å²) in [5.41, 5.74) is 2.69. The molecule has 1 fully saturated rings. The van der Waals surface area contributed by atoms with Crippen molar-refractivity contribution < 1.29 is 18.6 Å². The second-order valence-electron chi connectivity index (χ2n) is 8.23. The van der Waals surface area contributed by atoms with E-state index in [1.54, 1.807) is 19.4 Å². The molecule has 2 aliphatic rings. The van der Waals surface area contributed by atoms with Crippen molar-refractivity contribution in [3.05, 3.63) is 58.4 Å². The molecule has 7 heteroatoms. The van der Waals surface area contributed by atoms with Crippen LogP contribution >= 0.6 is 0 Å². The van der Waals surface area contributed by atoms with Gasteiger partial charge >= 0.3 is 0 Å². The monoisotopic (exact) mass is 436 g/mol. The van der Waals surface area contributed by atoms with Crippen molar-refractivity contribution in [3.8, 4) is 22.6 Å². The van der Waals surface area contributed by atoms with Crippen LogP contribution in [0.3, 0.4) is 0 Å². The van der Waals surface area contributed by atoms with Crippen LogP contribution in [0.1, 0.15) is 12.0 Å². The maximum absolute atomic E-state index is 13.3. The maximum atomic E-state index is 13.3. The lowest BCUT2D eigenvalue weighted by atomic mass is 10.0. The van der Waals surface area contributed by atoms with E-state index >= 15 is 0 Å². The van der Waals surface area contributed by atoms with Gasteiger partial charge in [0.2, 0.25) is 5.43 Å².